The van der Waals surface area contributed by atoms with Crippen molar-refractivity contribution in [1.82, 2.24) is 0 Å². The Morgan fingerprint density at radius 3 is 2.23 bits per heavy atom. The van der Waals surface area contributed by atoms with Crippen molar-refractivity contribution in [2.45, 2.75) is 6.04 Å². The topological polar surface area (TPSA) is 40.5 Å². The van der Waals surface area contributed by atoms with Crippen LogP contribution in [0.15, 0.2) is 36.4 Å². The van der Waals surface area contributed by atoms with Crippen LogP contribution < -0.4 is 0 Å². The Hall–Kier alpha value is -0.838. The summed E-state index contributed by atoms with van der Waals surface area (Å²) >= 11 is 0. The van der Waals surface area contributed by atoms with E-state index in [0.717, 1.165) is 0 Å². The molecule has 0 heterocycles. The van der Waals surface area contributed by atoms with E-state index in [2.05, 4.69) is 36.4 Å². The fourth-order valence-corrected chi connectivity index (χ4v) is 1.05. The summed E-state index contributed by atoms with van der Waals surface area (Å²) in [6.07, 6.45) is 4.40. The summed E-state index contributed by atoms with van der Waals surface area (Å²) in [5.41, 5.74) is 1.30. The minimum atomic E-state index is 0. The lowest BCUT2D eigenvalue weighted by molar-refractivity contribution is 0.448. The predicted octanol–water partition coefficient (Wildman–Crippen LogP) is -0.0113. The van der Waals surface area contributed by atoms with E-state index in [1.807, 2.05) is 6.07 Å². The molecular formula is C9H14BO2Si. The van der Waals surface area contributed by atoms with Crippen LogP contribution in [0.4, 0.5) is 0 Å². The summed E-state index contributed by atoms with van der Waals surface area (Å²) in [6.45, 7) is 0. The van der Waals surface area contributed by atoms with Crippen LogP contribution >= 0.6 is 0 Å². The number of allylic oxidation sites excluding steroid dienone is 1. The van der Waals surface area contributed by atoms with E-state index in [1.165, 1.54) is 21.9 Å². The van der Waals surface area contributed by atoms with Gasteiger partial charge in [0.2, 0.25) is 0 Å². The van der Waals surface area contributed by atoms with Gasteiger partial charge in [-0.1, -0.05) is 42.5 Å². The van der Waals surface area contributed by atoms with Gasteiger partial charge in [0, 0.05) is 10.2 Å². The maximum atomic E-state index is 7.00. The van der Waals surface area contributed by atoms with E-state index in [9.17, 15) is 0 Å². The molecule has 0 spiro atoms. The molecule has 0 aliphatic carbocycles. The molecule has 4 heteroatoms. The molecule has 0 aliphatic heterocycles. The number of benzene rings is 1. The fourth-order valence-electron chi connectivity index (χ4n) is 0.818. The third-order valence-electron chi connectivity index (χ3n) is 1.35. The summed E-state index contributed by atoms with van der Waals surface area (Å²) in [6, 6.07) is 11.6. The summed E-state index contributed by atoms with van der Waals surface area (Å²) in [5.74, 6) is 0. The zero-order valence-corrected chi connectivity index (χ0v) is 9.72. The van der Waals surface area contributed by atoms with Crippen LogP contribution in [0.25, 0.3) is 6.08 Å². The first-order chi connectivity index (χ1) is 6.35. The average Bonchev–Trinajstić information content (AvgIpc) is 2.18. The normalized spacial score (nSPS) is 9.38. The third kappa shape index (κ3) is 7.52. The van der Waals surface area contributed by atoms with Crippen LogP contribution in [0.3, 0.4) is 0 Å². The standard InChI is InChI=1S/C9H12Si.BH2O2/c10-8-4-7-9-5-2-1-3-6-9;2-1-3/h1-7H,8H2,10H3;2-3H. The molecule has 0 bridgehead atoms. The van der Waals surface area contributed by atoms with Crippen LogP contribution in [0.5, 0.6) is 0 Å². The number of hydrogen-bond acceptors (Lipinski definition) is 2. The first kappa shape index (κ1) is 12.2. The van der Waals surface area contributed by atoms with Gasteiger partial charge in [-0.25, -0.2) is 0 Å². The molecule has 1 aromatic carbocycles. The number of hydrogen-bond donors (Lipinski definition) is 2. The van der Waals surface area contributed by atoms with E-state index in [4.69, 9.17) is 10.0 Å². The third-order valence-corrected chi connectivity index (χ3v) is 1.82. The van der Waals surface area contributed by atoms with Crippen molar-refractivity contribution in [3.8, 4) is 0 Å². The second kappa shape index (κ2) is 9.25. The minimum absolute atomic E-state index is 0. The Morgan fingerprint density at radius 2 is 1.77 bits per heavy atom. The SMILES string of the molecule is O[B]O.[SiH3]CC=Cc1ccccc1. The van der Waals surface area contributed by atoms with Gasteiger partial charge in [0.1, 0.15) is 0 Å². The molecule has 0 saturated heterocycles. The lowest BCUT2D eigenvalue weighted by Crippen LogP contribution is -1.75. The highest BCUT2D eigenvalue weighted by atomic mass is 28.1. The maximum Gasteiger partial charge on any atom is 0.482 e. The highest BCUT2D eigenvalue weighted by molar-refractivity contribution is 6.13. The smallest absolute Gasteiger partial charge is 0.429 e. The molecule has 0 aliphatic rings. The van der Waals surface area contributed by atoms with Gasteiger partial charge in [0.25, 0.3) is 0 Å². The molecule has 0 saturated carbocycles. The highest BCUT2D eigenvalue weighted by Gasteiger charge is 1.79. The van der Waals surface area contributed by atoms with Crippen LogP contribution in [0.2, 0.25) is 6.04 Å². The second-order valence-corrected chi connectivity index (χ2v) is 3.15. The van der Waals surface area contributed by atoms with Crippen LogP contribution in [0, 0.1) is 0 Å². The van der Waals surface area contributed by atoms with Crippen LogP contribution in [-0.2, 0) is 0 Å². The Bertz CT molecular complexity index is 226. The zero-order valence-electron chi connectivity index (χ0n) is 7.72. The molecular weight excluding hydrogens is 179 g/mol. The van der Waals surface area contributed by atoms with Crippen molar-refractivity contribution in [2.75, 3.05) is 0 Å². The second-order valence-electron chi connectivity index (χ2n) is 2.34. The average molecular weight is 193 g/mol. The summed E-state index contributed by atoms with van der Waals surface area (Å²) in [7, 11) is 1.26. The lowest BCUT2D eigenvalue weighted by Gasteiger charge is -1.88. The van der Waals surface area contributed by atoms with Crippen molar-refractivity contribution in [2.24, 2.45) is 0 Å². The van der Waals surface area contributed by atoms with E-state index in [1.54, 1.807) is 0 Å². The van der Waals surface area contributed by atoms with Crippen molar-refractivity contribution in [3.05, 3.63) is 42.0 Å². The maximum absolute atomic E-state index is 7.00. The zero-order chi connectivity index (χ0) is 9.94. The molecule has 0 atom stereocenters. The first-order valence-electron chi connectivity index (χ1n) is 4.16. The lowest BCUT2D eigenvalue weighted by atomic mass is 10.2. The molecule has 0 amide bonds. The first-order valence-corrected chi connectivity index (χ1v) is 5.58. The quantitative estimate of drug-likeness (QED) is 0.648. The summed E-state index contributed by atoms with van der Waals surface area (Å²) < 4.78 is 0. The monoisotopic (exact) mass is 193 g/mol. The van der Waals surface area contributed by atoms with Crippen molar-refractivity contribution in [3.63, 3.8) is 0 Å². The molecule has 0 aromatic heterocycles. The Morgan fingerprint density at radius 1 is 1.23 bits per heavy atom. The van der Waals surface area contributed by atoms with Gasteiger partial charge in [-0.2, -0.15) is 0 Å². The molecule has 2 N–H and O–H groups in total. The highest BCUT2D eigenvalue weighted by Crippen LogP contribution is 2.00. The summed E-state index contributed by atoms with van der Waals surface area (Å²) in [4.78, 5) is 0. The molecule has 13 heavy (non-hydrogen) atoms. The number of rotatable bonds is 2. The Balaban J connectivity index is 0.000000424. The van der Waals surface area contributed by atoms with E-state index in [-0.39, 0.29) is 7.69 Å². The molecule has 0 unspecified atom stereocenters. The molecule has 1 aromatic rings. The molecule has 1 rings (SSSR count). The van der Waals surface area contributed by atoms with Gasteiger partial charge in [0.15, 0.2) is 0 Å². The van der Waals surface area contributed by atoms with Crippen LogP contribution in [0.1, 0.15) is 5.56 Å². The van der Waals surface area contributed by atoms with Gasteiger partial charge >= 0.3 is 7.69 Å². The van der Waals surface area contributed by atoms with E-state index in [0.29, 0.717) is 0 Å². The van der Waals surface area contributed by atoms with Gasteiger partial charge in [-0.15, -0.1) is 0 Å². The van der Waals surface area contributed by atoms with Crippen molar-refractivity contribution >= 4 is 24.0 Å². The predicted molar refractivity (Wildman–Crippen MR) is 60.4 cm³/mol. The molecule has 1 radical (unpaired) electrons. The van der Waals surface area contributed by atoms with Gasteiger partial charge in [-0.3, -0.25) is 0 Å². The van der Waals surface area contributed by atoms with Gasteiger partial charge in [-0.05, 0) is 11.6 Å². The Labute approximate surface area is 82.7 Å². The summed E-state index contributed by atoms with van der Waals surface area (Å²) in [5, 5.41) is 14.0. The van der Waals surface area contributed by atoms with Gasteiger partial charge < -0.3 is 10.0 Å². The van der Waals surface area contributed by atoms with E-state index >= 15 is 0 Å². The van der Waals surface area contributed by atoms with Gasteiger partial charge in [0.05, 0.1) is 0 Å². The molecule has 0 fully saturated rings. The van der Waals surface area contributed by atoms with E-state index < -0.39 is 0 Å². The van der Waals surface area contributed by atoms with Crippen LogP contribution in [-0.4, -0.2) is 28.0 Å². The van der Waals surface area contributed by atoms with Crippen molar-refractivity contribution < 1.29 is 10.0 Å². The molecule has 2 nitrogen and oxygen atoms in total. The van der Waals surface area contributed by atoms with Crippen molar-refractivity contribution in [1.29, 1.82) is 0 Å². The fraction of sp³-hybridized carbons (Fsp3) is 0.111. The minimum Gasteiger partial charge on any atom is -0.429 e. The Kier molecular flexibility index (Phi) is 8.65. The molecule has 69 valence electrons. The largest absolute Gasteiger partial charge is 0.482 e.